The number of benzene rings is 1. The van der Waals surface area contributed by atoms with Crippen LogP contribution in [0, 0.1) is 5.82 Å². The SMILES string of the molecule is CC(C)c1nnn(-c2ccc(F)cc2)c1CCC1CC(O)CC(=O)O1. The van der Waals surface area contributed by atoms with Gasteiger partial charge in [-0.3, -0.25) is 4.79 Å². The molecule has 0 saturated carbocycles. The molecule has 3 rings (SSSR count). The highest BCUT2D eigenvalue weighted by molar-refractivity contribution is 5.70. The van der Waals surface area contributed by atoms with E-state index in [-0.39, 0.29) is 30.2 Å². The molecule has 1 aliphatic rings. The topological polar surface area (TPSA) is 77.2 Å². The van der Waals surface area contributed by atoms with E-state index < -0.39 is 6.10 Å². The number of esters is 1. The van der Waals surface area contributed by atoms with Gasteiger partial charge in [-0.1, -0.05) is 19.1 Å². The summed E-state index contributed by atoms with van der Waals surface area (Å²) in [4.78, 5) is 11.5. The number of carbonyl (C=O) groups excluding carboxylic acids is 1. The van der Waals surface area contributed by atoms with Crippen LogP contribution in [0.5, 0.6) is 0 Å². The van der Waals surface area contributed by atoms with Crippen LogP contribution in [-0.4, -0.2) is 38.3 Å². The van der Waals surface area contributed by atoms with E-state index in [1.54, 1.807) is 16.8 Å². The van der Waals surface area contributed by atoms with E-state index in [0.717, 1.165) is 17.1 Å². The number of hydrogen-bond donors (Lipinski definition) is 1. The third-order valence-corrected chi connectivity index (χ3v) is 4.35. The van der Waals surface area contributed by atoms with E-state index in [2.05, 4.69) is 10.3 Å². The van der Waals surface area contributed by atoms with Gasteiger partial charge in [-0.05, 0) is 43.0 Å². The minimum absolute atomic E-state index is 0.0583. The highest BCUT2D eigenvalue weighted by atomic mass is 19.1. The lowest BCUT2D eigenvalue weighted by atomic mass is 9.98. The number of hydrogen-bond acceptors (Lipinski definition) is 5. The number of nitrogens with zero attached hydrogens (tertiary/aromatic N) is 3. The lowest BCUT2D eigenvalue weighted by molar-refractivity contribution is -0.160. The summed E-state index contributed by atoms with van der Waals surface area (Å²) in [6.07, 6.45) is 0.729. The van der Waals surface area contributed by atoms with Crippen LogP contribution in [0.4, 0.5) is 4.39 Å². The summed E-state index contributed by atoms with van der Waals surface area (Å²) in [7, 11) is 0. The Kier molecular flexibility index (Phi) is 5.13. The van der Waals surface area contributed by atoms with Crippen LogP contribution in [0.15, 0.2) is 24.3 Å². The fraction of sp³-hybridized carbons (Fsp3) is 0.500. The van der Waals surface area contributed by atoms with Crippen molar-refractivity contribution in [3.05, 3.63) is 41.5 Å². The first-order valence-electron chi connectivity index (χ1n) is 8.52. The van der Waals surface area contributed by atoms with E-state index in [0.29, 0.717) is 19.3 Å². The van der Waals surface area contributed by atoms with E-state index >= 15 is 0 Å². The van der Waals surface area contributed by atoms with Crippen molar-refractivity contribution in [2.75, 3.05) is 0 Å². The summed E-state index contributed by atoms with van der Waals surface area (Å²) in [5.74, 6) is -0.487. The van der Waals surface area contributed by atoms with Crippen molar-refractivity contribution >= 4 is 5.97 Å². The second-order valence-corrected chi connectivity index (χ2v) is 6.71. The molecule has 2 heterocycles. The molecule has 0 amide bonds. The predicted molar refractivity (Wildman–Crippen MR) is 88.8 cm³/mol. The van der Waals surface area contributed by atoms with Crippen LogP contribution >= 0.6 is 0 Å². The smallest absolute Gasteiger partial charge is 0.308 e. The summed E-state index contributed by atoms with van der Waals surface area (Å²) >= 11 is 0. The molecule has 0 bridgehead atoms. The Morgan fingerprint density at radius 2 is 2.08 bits per heavy atom. The average Bonchev–Trinajstić information content (AvgIpc) is 2.97. The number of cyclic esters (lactones) is 1. The highest BCUT2D eigenvalue weighted by Gasteiger charge is 2.28. The van der Waals surface area contributed by atoms with E-state index in [1.165, 1.54) is 12.1 Å². The number of aliphatic hydroxyl groups excluding tert-OH is 1. The monoisotopic (exact) mass is 347 g/mol. The molecular weight excluding hydrogens is 325 g/mol. The maximum absolute atomic E-state index is 13.2. The second kappa shape index (κ2) is 7.31. The molecule has 134 valence electrons. The van der Waals surface area contributed by atoms with Gasteiger partial charge in [-0.15, -0.1) is 5.10 Å². The van der Waals surface area contributed by atoms with Crippen LogP contribution in [0.1, 0.15) is 50.4 Å². The lowest BCUT2D eigenvalue weighted by Crippen LogP contribution is -2.33. The van der Waals surface area contributed by atoms with E-state index in [4.69, 9.17) is 4.74 Å². The largest absolute Gasteiger partial charge is 0.462 e. The molecule has 1 aromatic carbocycles. The van der Waals surface area contributed by atoms with Crippen LogP contribution in [-0.2, 0) is 16.0 Å². The molecule has 2 atom stereocenters. The molecule has 2 unspecified atom stereocenters. The number of ether oxygens (including phenoxy) is 1. The van der Waals surface area contributed by atoms with Gasteiger partial charge in [0, 0.05) is 6.42 Å². The Labute approximate surface area is 145 Å². The van der Waals surface area contributed by atoms with Crippen molar-refractivity contribution in [2.45, 2.75) is 57.7 Å². The third-order valence-electron chi connectivity index (χ3n) is 4.35. The van der Waals surface area contributed by atoms with Crippen LogP contribution in [0.2, 0.25) is 0 Å². The molecule has 2 aromatic rings. The third kappa shape index (κ3) is 4.04. The van der Waals surface area contributed by atoms with Gasteiger partial charge in [0.2, 0.25) is 0 Å². The number of rotatable bonds is 5. The zero-order valence-electron chi connectivity index (χ0n) is 14.4. The molecule has 0 aliphatic carbocycles. The first-order chi connectivity index (χ1) is 11.9. The number of halogens is 1. The Hall–Kier alpha value is -2.28. The maximum atomic E-state index is 13.2. The highest BCUT2D eigenvalue weighted by Crippen LogP contribution is 2.24. The van der Waals surface area contributed by atoms with Gasteiger partial charge in [-0.2, -0.15) is 0 Å². The number of aromatic nitrogens is 3. The van der Waals surface area contributed by atoms with Gasteiger partial charge >= 0.3 is 5.97 Å². The van der Waals surface area contributed by atoms with Crippen molar-refractivity contribution in [3.63, 3.8) is 0 Å². The van der Waals surface area contributed by atoms with Gasteiger partial charge in [0.15, 0.2) is 0 Å². The van der Waals surface area contributed by atoms with Gasteiger partial charge in [-0.25, -0.2) is 9.07 Å². The Balaban J connectivity index is 1.82. The van der Waals surface area contributed by atoms with Gasteiger partial charge in [0.05, 0.1) is 29.6 Å². The molecular formula is C18H22FN3O3. The van der Waals surface area contributed by atoms with Crippen LogP contribution < -0.4 is 0 Å². The first-order valence-corrected chi connectivity index (χ1v) is 8.52. The molecule has 1 aromatic heterocycles. The molecule has 1 fully saturated rings. The Bertz CT molecular complexity index is 743. The standard InChI is InChI=1S/C18H22FN3O3/c1-11(2)18-16(8-7-15-9-14(23)10-17(24)25-15)22(21-20-18)13-5-3-12(19)4-6-13/h3-6,11,14-15,23H,7-10H2,1-2H3. The first kappa shape index (κ1) is 17.5. The zero-order valence-corrected chi connectivity index (χ0v) is 14.4. The van der Waals surface area contributed by atoms with Crippen molar-refractivity contribution in [1.82, 2.24) is 15.0 Å². The van der Waals surface area contributed by atoms with Gasteiger partial charge in [0.1, 0.15) is 11.9 Å². The summed E-state index contributed by atoms with van der Waals surface area (Å²) in [5, 5.41) is 18.2. The molecule has 25 heavy (non-hydrogen) atoms. The molecule has 0 radical (unpaired) electrons. The molecule has 1 N–H and O–H groups in total. The van der Waals surface area contributed by atoms with Crippen LogP contribution in [0.25, 0.3) is 5.69 Å². The Morgan fingerprint density at radius 3 is 2.72 bits per heavy atom. The van der Waals surface area contributed by atoms with E-state index in [9.17, 15) is 14.3 Å². The van der Waals surface area contributed by atoms with Crippen molar-refractivity contribution in [2.24, 2.45) is 0 Å². The summed E-state index contributed by atoms with van der Waals surface area (Å²) in [6, 6.07) is 6.08. The minimum Gasteiger partial charge on any atom is -0.462 e. The Morgan fingerprint density at radius 1 is 1.36 bits per heavy atom. The summed E-state index contributed by atoms with van der Waals surface area (Å²) in [5.41, 5.74) is 2.52. The van der Waals surface area contributed by atoms with Gasteiger partial charge < -0.3 is 9.84 Å². The molecule has 6 nitrogen and oxygen atoms in total. The number of carbonyl (C=O) groups is 1. The lowest BCUT2D eigenvalue weighted by Gasteiger charge is -2.26. The molecule has 1 aliphatic heterocycles. The van der Waals surface area contributed by atoms with Crippen molar-refractivity contribution < 1.29 is 19.0 Å². The van der Waals surface area contributed by atoms with Crippen molar-refractivity contribution in [3.8, 4) is 5.69 Å². The second-order valence-electron chi connectivity index (χ2n) is 6.71. The minimum atomic E-state index is -0.643. The average molecular weight is 347 g/mol. The predicted octanol–water partition coefficient (Wildman–Crippen LogP) is 2.53. The molecule has 7 heteroatoms. The normalized spacial score (nSPS) is 20.8. The van der Waals surface area contributed by atoms with Gasteiger partial charge in [0.25, 0.3) is 0 Å². The fourth-order valence-corrected chi connectivity index (χ4v) is 3.12. The van der Waals surface area contributed by atoms with Crippen LogP contribution in [0.3, 0.4) is 0 Å². The fourth-order valence-electron chi connectivity index (χ4n) is 3.12. The summed E-state index contributed by atoms with van der Waals surface area (Å²) < 4.78 is 20.2. The quantitative estimate of drug-likeness (QED) is 0.841. The van der Waals surface area contributed by atoms with Crippen molar-refractivity contribution in [1.29, 1.82) is 0 Å². The maximum Gasteiger partial charge on any atom is 0.308 e. The number of aliphatic hydroxyl groups is 1. The van der Waals surface area contributed by atoms with E-state index in [1.807, 2.05) is 13.8 Å². The molecule has 1 saturated heterocycles. The molecule has 0 spiro atoms. The zero-order chi connectivity index (χ0) is 18.0. The summed E-state index contributed by atoms with van der Waals surface area (Å²) in [6.45, 7) is 4.07.